The van der Waals surface area contributed by atoms with Crippen LogP contribution >= 0.6 is 0 Å². The lowest BCUT2D eigenvalue weighted by molar-refractivity contribution is -0.0524. The first-order chi connectivity index (χ1) is 12.4. The van der Waals surface area contributed by atoms with Crippen LogP contribution in [-0.4, -0.2) is 17.6 Å². The molecule has 0 spiro atoms. The molecule has 1 aliphatic carbocycles. The van der Waals surface area contributed by atoms with Crippen LogP contribution in [0.4, 0.5) is 25.0 Å². The Labute approximate surface area is 150 Å². The van der Waals surface area contributed by atoms with Crippen molar-refractivity contribution < 1.29 is 18.3 Å². The summed E-state index contributed by atoms with van der Waals surface area (Å²) in [5, 5.41) is 5.30. The van der Waals surface area contributed by atoms with Crippen LogP contribution in [0.1, 0.15) is 49.8 Å². The lowest BCUT2D eigenvalue weighted by Crippen LogP contribution is -2.21. The molecule has 0 saturated heterocycles. The molecule has 0 bridgehead atoms. The maximum absolute atomic E-state index is 12.7. The van der Waals surface area contributed by atoms with Gasteiger partial charge in [0.05, 0.1) is 0 Å². The number of hydrogen-bond donors (Lipinski definition) is 2. The number of carbonyl (C=O) groups excluding carboxylic acids is 1. The number of alkyl halides is 2. The van der Waals surface area contributed by atoms with Gasteiger partial charge < -0.3 is 15.4 Å². The highest BCUT2D eigenvalue weighted by Gasteiger charge is 2.26. The summed E-state index contributed by atoms with van der Waals surface area (Å²) in [6.07, 6.45) is 1.97. The molecule has 2 N–H and O–H groups in total. The maximum Gasteiger partial charge on any atom is 0.388 e. The molecule has 1 fully saturated rings. The minimum atomic E-state index is -3.01. The van der Waals surface area contributed by atoms with Gasteiger partial charge in [-0.3, -0.25) is 0 Å². The molecule has 0 aliphatic heterocycles. The summed E-state index contributed by atoms with van der Waals surface area (Å²) in [7, 11) is 0. The Morgan fingerprint density at radius 3 is 2.46 bits per heavy atom. The normalized spacial score (nSPS) is 13.8. The molecule has 1 saturated carbocycles. The van der Waals surface area contributed by atoms with Gasteiger partial charge in [0.15, 0.2) is 0 Å². The summed E-state index contributed by atoms with van der Waals surface area (Å²) >= 11 is 0. The summed E-state index contributed by atoms with van der Waals surface area (Å²) in [6.45, 7) is 1.03. The molecule has 0 unspecified atom stereocenters. The van der Waals surface area contributed by atoms with E-state index in [2.05, 4.69) is 20.4 Å². The molecule has 2 amide bonds. The first-order valence-corrected chi connectivity index (χ1v) is 8.56. The van der Waals surface area contributed by atoms with Crippen molar-refractivity contribution in [3.8, 4) is 5.88 Å². The second-order valence-electron chi connectivity index (χ2n) is 6.56. The van der Waals surface area contributed by atoms with Crippen LogP contribution in [0.3, 0.4) is 0 Å². The van der Waals surface area contributed by atoms with E-state index in [1.165, 1.54) is 0 Å². The fourth-order valence-corrected chi connectivity index (χ4v) is 2.72. The summed E-state index contributed by atoms with van der Waals surface area (Å²) in [4.78, 5) is 16.5. The lowest BCUT2D eigenvalue weighted by Gasteiger charge is -2.15. The number of pyridine rings is 1. The highest BCUT2D eigenvalue weighted by atomic mass is 19.3. The fraction of sp³-hybridized carbons (Fsp3) is 0.368. The maximum atomic E-state index is 12.7. The number of amides is 2. The van der Waals surface area contributed by atoms with Gasteiger partial charge in [0.1, 0.15) is 5.69 Å². The van der Waals surface area contributed by atoms with Crippen LogP contribution in [0.15, 0.2) is 36.4 Å². The number of anilines is 2. The molecular formula is C19H21F2N3O2. The number of rotatable bonds is 6. The number of nitrogens with zero attached hydrogens (tertiary/aromatic N) is 1. The molecule has 2 aromatic rings. The first-order valence-electron chi connectivity index (χ1n) is 8.56. The number of aromatic nitrogens is 1. The van der Waals surface area contributed by atoms with Gasteiger partial charge in [-0.15, -0.1) is 0 Å². The van der Waals surface area contributed by atoms with E-state index < -0.39 is 12.6 Å². The average molecular weight is 361 g/mol. The quantitative estimate of drug-likeness (QED) is 0.731. The number of benzene rings is 1. The number of carbonyl (C=O) groups is 1. The van der Waals surface area contributed by atoms with Crippen molar-refractivity contribution in [2.75, 3.05) is 10.6 Å². The third kappa shape index (κ3) is 4.47. The minimum absolute atomic E-state index is 0.106. The molecule has 1 heterocycles. The van der Waals surface area contributed by atoms with Gasteiger partial charge in [0.2, 0.25) is 5.88 Å². The number of ether oxygens (including phenoxy) is 1. The monoisotopic (exact) mass is 361 g/mol. The molecule has 0 atom stereocenters. The molecule has 1 aromatic carbocycles. The molecule has 26 heavy (non-hydrogen) atoms. The Morgan fingerprint density at radius 1 is 1.12 bits per heavy atom. The van der Waals surface area contributed by atoms with Crippen molar-refractivity contribution in [3.63, 3.8) is 0 Å². The number of nitrogens with one attached hydrogen (secondary N) is 2. The Balaban J connectivity index is 1.76. The smallest absolute Gasteiger partial charge is 0.388 e. The minimum Gasteiger partial charge on any atom is -0.415 e. The van der Waals surface area contributed by atoms with Crippen LogP contribution < -0.4 is 15.4 Å². The predicted molar refractivity (Wildman–Crippen MR) is 96.0 cm³/mol. The molecule has 0 radical (unpaired) electrons. The van der Waals surface area contributed by atoms with Gasteiger partial charge in [-0.05, 0) is 42.5 Å². The molecule has 7 heteroatoms. The van der Waals surface area contributed by atoms with Gasteiger partial charge in [0.25, 0.3) is 0 Å². The Morgan fingerprint density at radius 2 is 1.81 bits per heavy atom. The van der Waals surface area contributed by atoms with Crippen molar-refractivity contribution in [3.05, 3.63) is 47.7 Å². The Kier molecular flexibility index (Phi) is 5.35. The van der Waals surface area contributed by atoms with E-state index in [0.29, 0.717) is 11.4 Å². The zero-order valence-electron chi connectivity index (χ0n) is 14.6. The van der Waals surface area contributed by atoms with E-state index in [-0.39, 0.29) is 23.4 Å². The summed E-state index contributed by atoms with van der Waals surface area (Å²) in [5.41, 5.74) is 2.46. The molecule has 3 rings (SSSR count). The third-order valence-corrected chi connectivity index (χ3v) is 4.16. The topological polar surface area (TPSA) is 63.2 Å². The van der Waals surface area contributed by atoms with E-state index >= 15 is 0 Å². The van der Waals surface area contributed by atoms with E-state index in [9.17, 15) is 13.6 Å². The SMILES string of the molecule is CC(C)c1ccccc1NC(=O)Nc1ccc(C2CC2)nc1OC(F)F. The van der Waals surface area contributed by atoms with Crippen LogP contribution in [0, 0.1) is 0 Å². The van der Waals surface area contributed by atoms with Crippen LogP contribution in [-0.2, 0) is 0 Å². The average Bonchev–Trinajstić information content (AvgIpc) is 3.41. The van der Waals surface area contributed by atoms with Gasteiger partial charge in [-0.25, -0.2) is 9.78 Å². The van der Waals surface area contributed by atoms with Gasteiger partial charge in [-0.2, -0.15) is 8.78 Å². The van der Waals surface area contributed by atoms with Gasteiger partial charge >= 0.3 is 12.6 Å². The second-order valence-corrected chi connectivity index (χ2v) is 6.56. The van der Waals surface area contributed by atoms with Crippen molar-refractivity contribution in [1.82, 2.24) is 4.98 Å². The molecule has 5 nitrogen and oxygen atoms in total. The first kappa shape index (κ1) is 18.1. The van der Waals surface area contributed by atoms with Crippen molar-refractivity contribution in [1.29, 1.82) is 0 Å². The second kappa shape index (κ2) is 7.68. The molecule has 1 aromatic heterocycles. The number of hydrogen-bond acceptors (Lipinski definition) is 3. The summed E-state index contributed by atoms with van der Waals surface area (Å²) < 4.78 is 29.9. The number of halogens is 2. The van der Waals surface area contributed by atoms with Crippen molar-refractivity contribution in [2.45, 2.75) is 45.1 Å². The predicted octanol–water partition coefficient (Wildman–Crippen LogP) is 5.33. The van der Waals surface area contributed by atoms with E-state index in [0.717, 1.165) is 18.4 Å². The summed E-state index contributed by atoms with van der Waals surface area (Å²) in [5.74, 6) is 0.247. The highest BCUT2D eigenvalue weighted by Crippen LogP contribution is 2.40. The largest absolute Gasteiger partial charge is 0.415 e. The Hall–Kier alpha value is -2.70. The van der Waals surface area contributed by atoms with Crippen molar-refractivity contribution in [2.24, 2.45) is 0 Å². The highest BCUT2D eigenvalue weighted by molar-refractivity contribution is 6.01. The van der Waals surface area contributed by atoms with E-state index in [1.54, 1.807) is 18.2 Å². The molecule has 1 aliphatic rings. The van der Waals surface area contributed by atoms with E-state index in [4.69, 9.17) is 0 Å². The van der Waals surface area contributed by atoms with Crippen LogP contribution in [0.2, 0.25) is 0 Å². The van der Waals surface area contributed by atoms with Crippen LogP contribution in [0.5, 0.6) is 5.88 Å². The van der Waals surface area contributed by atoms with E-state index in [1.807, 2.05) is 32.0 Å². The van der Waals surface area contributed by atoms with Crippen molar-refractivity contribution >= 4 is 17.4 Å². The molecular weight excluding hydrogens is 340 g/mol. The summed E-state index contributed by atoms with van der Waals surface area (Å²) in [6, 6.07) is 10.2. The van der Waals surface area contributed by atoms with Gasteiger partial charge in [0, 0.05) is 17.3 Å². The zero-order chi connectivity index (χ0) is 18.7. The zero-order valence-corrected chi connectivity index (χ0v) is 14.6. The third-order valence-electron chi connectivity index (χ3n) is 4.16. The lowest BCUT2D eigenvalue weighted by atomic mass is 10.0. The fourth-order valence-electron chi connectivity index (χ4n) is 2.72. The van der Waals surface area contributed by atoms with Gasteiger partial charge in [-0.1, -0.05) is 32.0 Å². The number of urea groups is 1. The molecule has 138 valence electrons. The Bertz CT molecular complexity index is 792. The van der Waals surface area contributed by atoms with Crippen LogP contribution in [0.25, 0.3) is 0 Å². The standard InChI is InChI=1S/C19H21F2N3O2/c1-11(2)13-5-3-4-6-15(13)23-19(25)24-16-10-9-14(12-7-8-12)22-17(16)26-18(20)21/h3-6,9-12,18H,7-8H2,1-2H3,(H2,23,24,25). The number of para-hydroxylation sites is 1.